The molecule has 0 radical (unpaired) electrons. The first kappa shape index (κ1) is 25.4. The van der Waals surface area contributed by atoms with Crippen molar-refractivity contribution in [2.45, 2.75) is 90.9 Å². The number of aliphatic carboxylic acids is 2. The van der Waals surface area contributed by atoms with Crippen molar-refractivity contribution in [3.05, 3.63) is 0 Å². The predicted molar refractivity (Wildman–Crippen MR) is 76.8 cm³/mol. The SMILES string of the molecule is CCCCCCCC(=O)[O-].CCCCCCCC(=O)[O-].[Ni+2]. The summed E-state index contributed by atoms with van der Waals surface area (Å²) in [6.45, 7) is 4.28. The average Bonchev–Trinajstić information content (AvgIpc) is 2.38. The third-order valence-electron chi connectivity index (χ3n) is 2.97. The molecular weight excluding hydrogens is 315 g/mol. The van der Waals surface area contributed by atoms with Gasteiger partial charge in [0.15, 0.2) is 0 Å². The molecule has 0 spiro atoms. The van der Waals surface area contributed by atoms with Crippen LogP contribution in [-0.4, -0.2) is 11.9 Å². The molecule has 0 bridgehead atoms. The number of hydrogen-bond donors (Lipinski definition) is 0. The first-order valence-electron chi connectivity index (χ1n) is 7.94. The molecule has 0 aromatic rings. The molecule has 0 atom stereocenters. The molecule has 0 saturated heterocycles. The van der Waals surface area contributed by atoms with E-state index in [9.17, 15) is 19.8 Å². The molecule has 21 heavy (non-hydrogen) atoms. The second-order valence-electron chi connectivity index (χ2n) is 5.07. The summed E-state index contributed by atoms with van der Waals surface area (Å²) in [7, 11) is 0. The zero-order valence-electron chi connectivity index (χ0n) is 13.4. The number of carbonyl (C=O) groups excluding carboxylic acids is 2. The summed E-state index contributed by atoms with van der Waals surface area (Å²) in [5.74, 6) is -1.84. The van der Waals surface area contributed by atoms with E-state index in [1.807, 2.05) is 0 Å². The first-order chi connectivity index (χ1) is 9.54. The van der Waals surface area contributed by atoms with Crippen LogP contribution in [-0.2, 0) is 26.1 Å². The van der Waals surface area contributed by atoms with Gasteiger partial charge in [0.2, 0.25) is 0 Å². The van der Waals surface area contributed by atoms with Gasteiger partial charge in [-0.15, -0.1) is 0 Å². The van der Waals surface area contributed by atoms with E-state index in [1.54, 1.807) is 0 Å². The van der Waals surface area contributed by atoms with Gasteiger partial charge in [0.1, 0.15) is 0 Å². The number of rotatable bonds is 12. The minimum atomic E-state index is -0.920. The van der Waals surface area contributed by atoms with Gasteiger partial charge in [-0.3, -0.25) is 0 Å². The number of carboxylic acids is 2. The first-order valence-corrected chi connectivity index (χ1v) is 7.94. The smallest absolute Gasteiger partial charge is 0.550 e. The van der Waals surface area contributed by atoms with Gasteiger partial charge in [0.05, 0.1) is 0 Å². The zero-order chi connectivity index (χ0) is 15.6. The summed E-state index contributed by atoms with van der Waals surface area (Å²) in [4.78, 5) is 19.8. The second-order valence-corrected chi connectivity index (χ2v) is 5.07. The van der Waals surface area contributed by atoms with Crippen LogP contribution < -0.4 is 10.2 Å². The average molecular weight is 345 g/mol. The van der Waals surface area contributed by atoms with Crippen molar-refractivity contribution in [3.8, 4) is 0 Å². The standard InChI is InChI=1S/2C8H16O2.Ni/c2*1-2-3-4-5-6-7-8(9)10;/h2*2-7H2,1H3,(H,9,10);/q;;+2/p-2. The molecule has 0 aromatic heterocycles. The van der Waals surface area contributed by atoms with Crippen LogP contribution in [0.25, 0.3) is 0 Å². The third-order valence-corrected chi connectivity index (χ3v) is 2.97. The van der Waals surface area contributed by atoms with Gasteiger partial charge in [-0.2, -0.15) is 0 Å². The van der Waals surface area contributed by atoms with Crippen LogP contribution in [0.2, 0.25) is 0 Å². The Bertz CT molecular complexity index is 208. The van der Waals surface area contributed by atoms with E-state index in [0.29, 0.717) is 0 Å². The van der Waals surface area contributed by atoms with E-state index in [4.69, 9.17) is 0 Å². The fourth-order valence-corrected chi connectivity index (χ4v) is 1.75. The topological polar surface area (TPSA) is 80.3 Å². The summed E-state index contributed by atoms with van der Waals surface area (Å²) >= 11 is 0. The molecule has 0 amide bonds. The van der Waals surface area contributed by atoms with Crippen molar-refractivity contribution in [2.75, 3.05) is 0 Å². The normalized spacial score (nSPS) is 9.24. The van der Waals surface area contributed by atoms with Crippen molar-refractivity contribution in [1.29, 1.82) is 0 Å². The predicted octanol–water partition coefficient (Wildman–Crippen LogP) is 2.19. The number of carboxylic acid groups (broad SMARTS) is 2. The van der Waals surface area contributed by atoms with Gasteiger partial charge in [-0.1, -0.05) is 65.2 Å². The van der Waals surface area contributed by atoms with Crippen LogP contribution >= 0.6 is 0 Å². The van der Waals surface area contributed by atoms with E-state index < -0.39 is 11.9 Å². The number of hydrogen-bond acceptors (Lipinski definition) is 4. The molecule has 0 aliphatic rings. The minimum absolute atomic E-state index is 0. The summed E-state index contributed by atoms with van der Waals surface area (Å²) in [5.41, 5.74) is 0. The number of unbranched alkanes of at least 4 members (excludes halogenated alkanes) is 8. The summed E-state index contributed by atoms with van der Waals surface area (Å²) in [5, 5.41) is 19.8. The third kappa shape index (κ3) is 32.7. The molecule has 5 heteroatoms. The van der Waals surface area contributed by atoms with Gasteiger partial charge >= 0.3 is 16.5 Å². The van der Waals surface area contributed by atoms with Gasteiger partial charge in [0, 0.05) is 11.9 Å². The van der Waals surface area contributed by atoms with Crippen molar-refractivity contribution in [2.24, 2.45) is 0 Å². The number of carbonyl (C=O) groups is 2. The minimum Gasteiger partial charge on any atom is -0.550 e. The molecule has 0 fully saturated rings. The van der Waals surface area contributed by atoms with Gasteiger partial charge in [0.25, 0.3) is 0 Å². The van der Waals surface area contributed by atoms with Crippen LogP contribution in [0, 0.1) is 0 Å². The molecule has 4 nitrogen and oxygen atoms in total. The van der Waals surface area contributed by atoms with Gasteiger partial charge < -0.3 is 19.8 Å². The van der Waals surface area contributed by atoms with E-state index in [2.05, 4.69) is 13.8 Å². The monoisotopic (exact) mass is 344 g/mol. The maximum Gasteiger partial charge on any atom is 2.00 e. The van der Waals surface area contributed by atoms with Crippen LogP contribution in [0.15, 0.2) is 0 Å². The van der Waals surface area contributed by atoms with Crippen molar-refractivity contribution in [1.82, 2.24) is 0 Å². The Kier molecular flexibility index (Phi) is 26.3. The van der Waals surface area contributed by atoms with Crippen LogP contribution in [0.5, 0.6) is 0 Å². The molecule has 0 aliphatic heterocycles. The van der Waals surface area contributed by atoms with Crippen molar-refractivity contribution >= 4 is 11.9 Å². The molecule has 0 N–H and O–H groups in total. The molecule has 0 aliphatic carbocycles. The quantitative estimate of drug-likeness (QED) is 0.401. The van der Waals surface area contributed by atoms with Crippen LogP contribution in [0.4, 0.5) is 0 Å². The van der Waals surface area contributed by atoms with Crippen LogP contribution in [0.3, 0.4) is 0 Å². The Hall–Kier alpha value is -0.566. The fraction of sp³-hybridized carbons (Fsp3) is 0.875. The molecule has 0 saturated carbocycles. The maximum atomic E-state index is 9.92. The van der Waals surface area contributed by atoms with E-state index in [0.717, 1.165) is 38.5 Å². The summed E-state index contributed by atoms with van der Waals surface area (Å²) in [6.07, 6.45) is 11.2. The zero-order valence-corrected chi connectivity index (χ0v) is 14.4. The Morgan fingerprint density at radius 2 is 0.905 bits per heavy atom. The largest absolute Gasteiger partial charge is 2.00 e. The van der Waals surface area contributed by atoms with E-state index in [-0.39, 0.29) is 29.3 Å². The molecular formula is C16H30NiO4. The Balaban J connectivity index is -0.000000295. The fourth-order valence-electron chi connectivity index (χ4n) is 1.75. The van der Waals surface area contributed by atoms with Gasteiger partial charge in [-0.25, -0.2) is 0 Å². The van der Waals surface area contributed by atoms with Crippen LogP contribution in [0.1, 0.15) is 90.9 Å². The Morgan fingerprint density at radius 3 is 1.14 bits per heavy atom. The van der Waals surface area contributed by atoms with Gasteiger partial charge in [-0.05, 0) is 25.7 Å². The van der Waals surface area contributed by atoms with E-state index in [1.165, 1.54) is 25.7 Å². The maximum absolute atomic E-state index is 9.92. The van der Waals surface area contributed by atoms with Crippen molar-refractivity contribution < 1.29 is 36.3 Å². The molecule has 0 heterocycles. The summed E-state index contributed by atoms with van der Waals surface area (Å²) < 4.78 is 0. The Morgan fingerprint density at radius 1 is 0.619 bits per heavy atom. The molecule has 0 aromatic carbocycles. The molecule has 128 valence electrons. The van der Waals surface area contributed by atoms with E-state index >= 15 is 0 Å². The van der Waals surface area contributed by atoms with Crippen molar-refractivity contribution in [3.63, 3.8) is 0 Å². The molecule has 0 rings (SSSR count). The summed E-state index contributed by atoms with van der Waals surface area (Å²) in [6, 6.07) is 0. The second kappa shape index (κ2) is 21.7. The Labute approximate surface area is 139 Å². The molecule has 0 unspecified atom stereocenters.